The number of carbonyl (C=O) groups is 1. The summed E-state index contributed by atoms with van der Waals surface area (Å²) in [6.07, 6.45) is 1.45. The fourth-order valence-corrected chi connectivity index (χ4v) is 2.10. The molecule has 0 unspecified atom stereocenters. The molecular formula is C13H12FN3O2. The molecule has 0 aliphatic carbocycles. The molecule has 0 N–H and O–H groups in total. The highest BCUT2D eigenvalue weighted by Gasteiger charge is 2.22. The molecule has 1 fully saturated rings. The van der Waals surface area contributed by atoms with E-state index >= 15 is 0 Å². The average molecular weight is 261 g/mol. The van der Waals surface area contributed by atoms with E-state index < -0.39 is 0 Å². The number of likely N-dealkylation sites (tertiary alicyclic amines) is 1. The fraction of sp³-hybridized carbons (Fsp3) is 0.308. The Morgan fingerprint density at radius 2 is 2.32 bits per heavy atom. The quantitative estimate of drug-likeness (QED) is 0.847. The van der Waals surface area contributed by atoms with Crippen LogP contribution in [-0.4, -0.2) is 27.5 Å². The highest BCUT2D eigenvalue weighted by molar-refractivity contribution is 5.77. The maximum Gasteiger partial charge on any atom is 0.258 e. The summed E-state index contributed by atoms with van der Waals surface area (Å²) in [4.78, 5) is 17.4. The molecule has 0 atom stereocenters. The van der Waals surface area contributed by atoms with Gasteiger partial charge in [0.05, 0.1) is 6.54 Å². The largest absolute Gasteiger partial charge is 0.335 e. The van der Waals surface area contributed by atoms with E-state index in [1.807, 2.05) is 0 Å². The van der Waals surface area contributed by atoms with Crippen LogP contribution in [0.15, 0.2) is 28.8 Å². The van der Waals surface area contributed by atoms with E-state index in [4.69, 9.17) is 4.52 Å². The summed E-state index contributed by atoms with van der Waals surface area (Å²) in [5, 5.41) is 3.82. The van der Waals surface area contributed by atoms with Gasteiger partial charge in [-0.15, -0.1) is 0 Å². The number of carbonyl (C=O) groups excluding carboxylic acids is 1. The van der Waals surface area contributed by atoms with Gasteiger partial charge in [-0.1, -0.05) is 11.2 Å². The lowest BCUT2D eigenvalue weighted by Gasteiger charge is -2.11. The molecule has 0 saturated carbocycles. The first kappa shape index (κ1) is 11.8. The Labute approximate surface area is 109 Å². The van der Waals surface area contributed by atoms with E-state index in [1.54, 1.807) is 17.0 Å². The van der Waals surface area contributed by atoms with Crippen molar-refractivity contribution in [2.24, 2.45) is 0 Å². The summed E-state index contributed by atoms with van der Waals surface area (Å²) in [5.41, 5.74) is 0.534. The maximum atomic E-state index is 13.1. The first-order chi connectivity index (χ1) is 9.22. The minimum atomic E-state index is -0.355. The smallest absolute Gasteiger partial charge is 0.258 e. The van der Waals surface area contributed by atoms with Crippen LogP contribution in [0.3, 0.4) is 0 Å². The van der Waals surface area contributed by atoms with Crippen molar-refractivity contribution in [3.63, 3.8) is 0 Å². The fourth-order valence-electron chi connectivity index (χ4n) is 2.10. The van der Waals surface area contributed by atoms with Crippen LogP contribution in [0.1, 0.15) is 18.7 Å². The standard InChI is InChI=1S/C13H12FN3O2/c14-10-4-1-3-9(7-10)13-15-11(16-19-13)8-17-6-2-5-12(17)18/h1,3-4,7H,2,5-6,8H2. The molecule has 2 heterocycles. The highest BCUT2D eigenvalue weighted by Crippen LogP contribution is 2.19. The van der Waals surface area contributed by atoms with Gasteiger partial charge in [0.15, 0.2) is 5.82 Å². The minimum absolute atomic E-state index is 0.108. The first-order valence-electron chi connectivity index (χ1n) is 6.09. The Kier molecular flexibility index (Phi) is 2.98. The molecule has 0 bridgehead atoms. The Morgan fingerprint density at radius 3 is 3.05 bits per heavy atom. The summed E-state index contributed by atoms with van der Waals surface area (Å²) < 4.78 is 18.2. The maximum absolute atomic E-state index is 13.1. The van der Waals surface area contributed by atoms with Crippen molar-refractivity contribution < 1.29 is 13.7 Å². The van der Waals surface area contributed by atoms with Crippen LogP contribution >= 0.6 is 0 Å². The first-order valence-corrected chi connectivity index (χ1v) is 6.09. The zero-order chi connectivity index (χ0) is 13.2. The van der Waals surface area contributed by atoms with Crippen LogP contribution in [0.25, 0.3) is 11.5 Å². The van der Waals surface area contributed by atoms with E-state index in [-0.39, 0.29) is 17.6 Å². The van der Waals surface area contributed by atoms with Crippen molar-refractivity contribution in [1.29, 1.82) is 0 Å². The second-order valence-corrected chi connectivity index (χ2v) is 4.44. The SMILES string of the molecule is O=C1CCCN1Cc1noc(-c2cccc(F)c2)n1. The van der Waals surface area contributed by atoms with Crippen LogP contribution in [-0.2, 0) is 11.3 Å². The summed E-state index contributed by atoms with van der Waals surface area (Å²) in [6.45, 7) is 1.07. The minimum Gasteiger partial charge on any atom is -0.335 e. The van der Waals surface area contributed by atoms with Gasteiger partial charge in [0, 0.05) is 18.5 Å². The van der Waals surface area contributed by atoms with E-state index in [0.717, 1.165) is 13.0 Å². The monoisotopic (exact) mass is 261 g/mol. The zero-order valence-electron chi connectivity index (χ0n) is 10.2. The van der Waals surface area contributed by atoms with Crippen molar-refractivity contribution in [3.05, 3.63) is 35.9 Å². The van der Waals surface area contributed by atoms with Gasteiger partial charge in [-0.3, -0.25) is 4.79 Å². The second kappa shape index (κ2) is 4.79. The molecule has 1 aromatic carbocycles. The van der Waals surface area contributed by atoms with Crippen molar-refractivity contribution >= 4 is 5.91 Å². The lowest BCUT2D eigenvalue weighted by Crippen LogP contribution is -2.24. The number of rotatable bonds is 3. The number of hydrogen-bond donors (Lipinski definition) is 0. The summed E-state index contributed by atoms with van der Waals surface area (Å²) in [5.74, 6) is 0.458. The topological polar surface area (TPSA) is 59.2 Å². The molecule has 1 aromatic heterocycles. The lowest BCUT2D eigenvalue weighted by atomic mass is 10.2. The molecule has 6 heteroatoms. The second-order valence-electron chi connectivity index (χ2n) is 4.44. The summed E-state index contributed by atoms with van der Waals surface area (Å²) in [7, 11) is 0. The Hall–Kier alpha value is -2.24. The molecule has 3 rings (SSSR count). The number of aromatic nitrogens is 2. The van der Waals surface area contributed by atoms with Crippen molar-refractivity contribution in [1.82, 2.24) is 15.0 Å². The van der Waals surface area contributed by atoms with Gasteiger partial charge >= 0.3 is 0 Å². The Morgan fingerprint density at radius 1 is 1.42 bits per heavy atom. The molecule has 2 aromatic rings. The van der Waals surface area contributed by atoms with Gasteiger partial charge in [-0.25, -0.2) is 4.39 Å². The molecule has 0 radical (unpaired) electrons. The van der Waals surface area contributed by atoms with Gasteiger partial charge in [0.1, 0.15) is 5.82 Å². The van der Waals surface area contributed by atoms with Gasteiger partial charge in [-0.05, 0) is 24.6 Å². The van der Waals surface area contributed by atoms with E-state index in [0.29, 0.717) is 24.4 Å². The average Bonchev–Trinajstić information content (AvgIpc) is 3.00. The van der Waals surface area contributed by atoms with Crippen LogP contribution < -0.4 is 0 Å². The number of halogens is 1. The third kappa shape index (κ3) is 2.47. The third-order valence-electron chi connectivity index (χ3n) is 3.04. The zero-order valence-corrected chi connectivity index (χ0v) is 10.2. The normalized spacial score (nSPS) is 15.2. The van der Waals surface area contributed by atoms with Crippen LogP contribution in [0.5, 0.6) is 0 Å². The van der Waals surface area contributed by atoms with E-state index in [1.165, 1.54) is 12.1 Å². The predicted octanol–water partition coefficient (Wildman–Crippen LogP) is 2.00. The van der Waals surface area contributed by atoms with Crippen LogP contribution in [0, 0.1) is 5.82 Å². The van der Waals surface area contributed by atoms with Crippen LogP contribution in [0.4, 0.5) is 4.39 Å². The molecule has 0 spiro atoms. The molecule has 1 aliphatic rings. The third-order valence-corrected chi connectivity index (χ3v) is 3.04. The molecule has 1 amide bonds. The van der Waals surface area contributed by atoms with Crippen LogP contribution in [0.2, 0.25) is 0 Å². The molecule has 5 nitrogen and oxygen atoms in total. The van der Waals surface area contributed by atoms with E-state index in [2.05, 4.69) is 10.1 Å². The van der Waals surface area contributed by atoms with Crippen molar-refractivity contribution in [3.8, 4) is 11.5 Å². The molecule has 19 heavy (non-hydrogen) atoms. The number of nitrogens with zero attached hydrogens (tertiary/aromatic N) is 3. The van der Waals surface area contributed by atoms with E-state index in [9.17, 15) is 9.18 Å². The number of hydrogen-bond acceptors (Lipinski definition) is 4. The summed E-state index contributed by atoms with van der Waals surface area (Å²) >= 11 is 0. The number of amides is 1. The predicted molar refractivity (Wildman–Crippen MR) is 64.3 cm³/mol. The molecule has 1 aliphatic heterocycles. The molecular weight excluding hydrogens is 249 g/mol. The highest BCUT2D eigenvalue weighted by atomic mass is 19.1. The van der Waals surface area contributed by atoms with Crippen molar-refractivity contribution in [2.75, 3.05) is 6.54 Å². The van der Waals surface area contributed by atoms with Gasteiger partial charge < -0.3 is 9.42 Å². The Bertz CT molecular complexity index is 611. The van der Waals surface area contributed by atoms with Crippen molar-refractivity contribution in [2.45, 2.75) is 19.4 Å². The van der Waals surface area contributed by atoms with Gasteiger partial charge in [0.2, 0.25) is 5.91 Å². The van der Waals surface area contributed by atoms with Gasteiger partial charge in [-0.2, -0.15) is 4.98 Å². The molecule has 98 valence electrons. The lowest BCUT2D eigenvalue weighted by molar-refractivity contribution is -0.128. The summed E-state index contributed by atoms with van der Waals surface area (Å²) in [6, 6.07) is 5.96. The Balaban J connectivity index is 1.78. The van der Waals surface area contributed by atoms with Gasteiger partial charge in [0.25, 0.3) is 5.89 Å². The number of benzene rings is 1. The molecule has 1 saturated heterocycles.